The van der Waals surface area contributed by atoms with Gasteiger partial charge in [-0.25, -0.2) is 8.42 Å². The van der Waals surface area contributed by atoms with E-state index in [4.69, 9.17) is 0 Å². The summed E-state index contributed by atoms with van der Waals surface area (Å²) in [5.41, 5.74) is 0. The first kappa shape index (κ1) is 12.4. The minimum absolute atomic E-state index is 0.0107. The molecule has 0 spiro atoms. The van der Waals surface area contributed by atoms with Crippen LogP contribution in [0.1, 0.15) is 20.8 Å². The molecule has 0 aromatic heterocycles. The lowest BCUT2D eigenvalue weighted by molar-refractivity contribution is -0.129. The van der Waals surface area contributed by atoms with Crippen molar-refractivity contribution in [2.24, 2.45) is 0 Å². The standard InChI is InChI=1S/C9H18N2O3S/c1-8(2)15(13,14)11-6-4-10(5-7-11)9(3)12/h8H,4-7H2,1-3H3. The maximum Gasteiger partial charge on any atom is 0.219 e. The summed E-state index contributed by atoms with van der Waals surface area (Å²) < 4.78 is 25.0. The van der Waals surface area contributed by atoms with Gasteiger partial charge in [0.1, 0.15) is 0 Å². The minimum atomic E-state index is -3.15. The van der Waals surface area contributed by atoms with Crippen LogP contribution in [0.5, 0.6) is 0 Å². The molecule has 1 aliphatic rings. The summed E-state index contributed by atoms with van der Waals surface area (Å²) in [5, 5.41) is -0.388. The molecule has 15 heavy (non-hydrogen) atoms. The third kappa shape index (κ3) is 2.69. The molecule has 1 amide bonds. The molecule has 5 nitrogen and oxygen atoms in total. The van der Waals surface area contributed by atoms with Gasteiger partial charge in [-0.2, -0.15) is 4.31 Å². The van der Waals surface area contributed by atoms with Crippen LogP contribution < -0.4 is 0 Å². The molecule has 0 bridgehead atoms. The van der Waals surface area contributed by atoms with E-state index in [1.54, 1.807) is 18.7 Å². The smallest absolute Gasteiger partial charge is 0.219 e. The van der Waals surface area contributed by atoms with E-state index in [1.165, 1.54) is 11.2 Å². The molecule has 0 radical (unpaired) electrons. The van der Waals surface area contributed by atoms with E-state index >= 15 is 0 Å². The largest absolute Gasteiger partial charge is 0.340 e. The molecule has 0 unspecified atom stereocenters. The second-order valence-electron chi connectivity index (χ2n) is 4.00. The first-order valence-corrected chi connectivity index (χ1v) is 6.60. The van der Waals surface area contributed by atoms with Gasteiger partial charge in [0, 0.05) is 33.1 Å². The van der Waals surface area contributed by atoms with E-state index in [0.717, 1.165) is 0 Å². The predicted octanol–water partition coefficient (Wildman–Crippen LogP) is -0.111. The summed E-state index contributed by atoms with van der Waals surface area (Å²) >= 11 is 0. The monoisotopic (exact) mass is 234 g/mol. The van der Waals surface area contributed by atoms with E-state index in [0.29, 0.717) is 26.2 Å². The van der Waals surface area contributed by atoms with Crippen LogP contribution in [0.25, 0.3) is 0 Å². The van der Waals surface area contributed by atoms with Crippen molar-refractivity contribution in [3.05, 3.63) is 0 Å². The highest BCUT2D eigenvalue weighted by molar-refractivity contribution is 7.89. The number of piperazine rings is 1. The molecular weight excluding hydrogens is 216 g/mol. The van der Waals surface area contributed by atoms with E-state index in [-0.39, 0.29) is 11.2 Å². The molecule has 88 valence electrons. The van der Waals surface area contributed by atoms with Crippen LogP contribution in [-0.4, -0.2) is 55.0 Å². The number of hydrogen-bond donors (Lipinski definition) is 0. The molecular formula is C9H18N2O3S. The Morgan fingerprint density at radius 2 is 1.60 bits per heavy atom. The Labute approximate surface area is 91.1 Å². The van der Waals surface area contributed by atoms with Crippen molar-refractivity contribution >= 4 is 15.9 Å². The summed E-state index contributed by atoms with van der Waals surface area (Å²) in [6.07, 6.45) is 0. The quantitative estimate of drug-likeness (QED) is 0.670. The van der Waals surface area contributed by atoms with Gasteiger partial charge in [0.05, 0.1) is 5.25 Å². The van der Waals surface area contributed by atoms with Crippen LogP contribution in [-0.2, 0) is 14.8 Å². The Morgan fingerprint density at radius 1 is 1.13 bits per heavy atom. The average Bonchev–Trinajstić information content (AvgIpc) is 2.17. The molecule has 0 atom stereocenters. The van der Waals surface area contributed by atoms with Gasteiger partial charge < -0.3 is 4.90 Å². The first-order chi connectivity index (χ1) is 6.85. The molecule has 0 aromatic rings. The van der Waals surface area contributed by atoms with Gasteiger partial charge in [0.15, 0.2) is 0 Å². The fourth-order valence-electron chi connectivity index (χ4n) is 1.56. The van der Waals surface area contributed by atoms with Gasteiger partial charge in [0.2, 0.25) is 15.9 Å². The van der Waals surface area contributed by atoms with Crippen molar-refractivity contribution in [1.29, 1.82) is 0 Å². The number of hydrogen-bond acceptors (Lipinski definition) is 3. The number of nitrogens with zero attached hydrogens (tertiary/aromatic N) is 2. The Kier molecular flexibility index (Phi) is 3.72. The number of carbonyl (C=O) groups excluding carboxylic acids is 1. The minimum Gasteiger partial charge on any atom is -0.340 e. The maximum absolute atomic E-state index is 11.8. The Morgan fingerprint density at radius 3 is 1.93 bits per heavy atom. The maximum atomic E-state index is 11.8. The lowest BCUT2D eigenvalue weighted by atomic mass is 10.3. The van der Waals surface area contributed by atoms with Gasteiger partial charge in [-0.15, -0.1) is 0 Å². The van der Waals surface area contributed by atoms with Crippen molar-refractivity contribution in [2.45, 2.75) is 26.0 Å². The molecule has 6 heteroatoms. The third-order valence-corrected chi connectivity index (χ3v) is 4.92. The predicted molar refractivity (Wildman–Crippen MR) is 57.9 cm³/mol. The number of sulfonamides is 1. The molecule has 1 fully saturated rings. The molecule has 0 aromatic carbocycles. The van der Waals surface area contributed by atoms with E-state index < -0.39 is 10.0 Å². The van der Waals surface area contributed by atoms with E-state index in [1.807, 2.05) is 0 Å². The van der Waals surface area contributed by atoms with Crippen molar-refractivity contribution in [2.75, 3.05) is 26.2 Å². The summed E-state index contributed by atoms with van der Waals surface area (Å²) in [7, 11) is -3.15. The summed E-state index contributed by atoms with van der Waals surface area (Å²) in [5.74, 6) is 0.0107. The zero-order chi connectivity index (χ0) is 11.6. The summed E-state index contributed by atoms with van der Waals surface area (Å²) in [6, 6.07) is 0. The second kappa shape index (κ2) is 4.49. The number of amides is 1. The lowest BCUT2D eigenvalue weighted by Gasteiger charge is -2.34. The van der Waals surface area contributed by atoms with Gasteiger partial charge in [-0.1, -0.05) is 0 Å². The van der Waals surface area contributed by atoms with Crippen molar-refractivity contribution in [3.63, 3.8) is 0 Å². The fraction of sp³-hybridized carbons (Fsp3) is 0.889. The SMILES string of the molecule is CC(=O)N1CCN(S(=O)(=O)C(C)C)CC1. The Bertz CT molecular complexity index is 329. The number of rotatable bonds is 2. The van der Waals surface area contributed by atoms with Crippen LogP contribution >= 0.6 is 0 Å². The van der Waals surface area contributed by atoms with Crippen molar-refractivity contribution < 1.29 is 13.2 Å². The first-order valence-electron chi connectivity index (χ1n) is 5.10. The summed E-state index contributed by atoms with van der Waals surface area (Å²) in [4.78, 5) is 12.7. The van der Waals surface area contributed by atoms with Crippen molar-refractivity contribution in [1.82, 2.24) is 9.21 Å². The highest BCUT2D eigenvalue weighted by atomic mass is 32.2. The molecule has 0 aliphatic carbocycles. The molecule has 0 N–H and O–H groups in total. The Balaban J connectivity index is 2.62. The zero-order valence-electron chi connectivity index (χ0n) is 9.43. The van der Waals surface area contributed by atoms with E-state index in [9.17, 15) is 13.2 Å². The van der Waals surface area contributed by atoms with Gasteiger partial charge in [-0.3, -0.25) is 4.79 Å². The number of carbonyl (C=O) groups is 1. The van der Waals surface area contributed by atoms with Gasteiger partial charge >= 0.3 is 0 Å². The second-order valence-corrected chi connectivity index (χ2v) is 6.49. The molecule has 1 rings (SSSR count). The van der Waals surface area contributed by atoms with Crippen LogP contribution in [0, 0.1) is 0 Å². The van der Waals surface area contributed by atoms with Crippen LogP contribution in [0.3, 0.4) is 0 Å². The highest BCUT2D eigenvalue weighted by Crippen LogP contribution is 2.12. The summed E-state index contributed by atoms with van der Waals surface area (Å²) in [6.45, 7) is 6.69. The fourth-order valence-corrected chi connectivity index (χ4v) is 2.82. The topological polar surface area (TPSA) is 57.7 Å². The van der Waals surface area contributed by atoms with E-state index in [2.05, 4.69) is 0 Å². The van der Waals surface area contributed by atoms with Gasteiger partial charge in [-0.05, 0) is 13.8 Å². The van der Waals surface area contributed by atoms with Crippen LogP contribution in [0.2, 0.25) is 0 Å². The molecule has 1 saturated heterocycles. The normalized spacial score (nSPS) is 19.6. The molecule has 1 heterocycles. The molecule has 1 aliphatic heterocycles. The lowest BCUT2D eigenvalue weighted by Crippen LogP contribution is -2.51. The highest BCUT2D eigenvalue weighted by Gasteiger charge is 2.29. The van der Waals surface area contributed by atoms with Crippen LogP contribution in [0.15, 0.2) is 0 Å². The molecule has 0 saturated carbocycles. The average molecular weight is 234 g/mol. The van der Waals surface area contributed by atoms with Gasteiger partial charge in [0.25, 0.3) is 0 Å². The Hall–Kier alpha value is -0.620. The zero-order valence-corrected chi connectivity index (χ0v) is 10.2. The van der Waals surface area contributed by atoms with Crippen molar-refractivity contribution in [3.8, 4) is 0 Å². The van der Waals surface area contributed by atoms with Crippen LogP contribution in [0.4, 0.5) is 0 Å². The third-order valence-electron chi connectivity index (χ3n) is 2.64.